The van der Waals surface area contributed by atoms with Crippen molar-refractivity contribution in [1.82, 2.24) is 19.9 Å². The number of nitrogens with zero attached hydrogens (tertiary/aromatic N) is 6. The highest BCUT2D eigenvalue weighted by Crippen LogP contribution is 2.18. The minimum absolute atomic E-state index is 0.496. The maximum Gasteiger partial charge on any atom is 0.225 e. The van der Waals surface area contributed by atoms with Gasteiger partial charge in [0, 0.05) is 50.0 Å². The molecule has 0 aromatic carbocycles. The first-order valence-electron chi connectivity index (χ1n) is 7.71. The minimum Gasteiger partial charge on any atom is -0.339 e. The lowest BCUT2D eigenvalue weighted by atomic mass is 10.1. The van der Waals surface area contributed by atoms with Crippen molar-refractivity contribution < 1.29 is 0 Å². The standard InChI is InChI=1S/C16H22N6/c1-12-10-21(15-17-6-4-13(2)19-15)8-9-22(11-12)16-18-7-5-14(3)20-16/h4-7,12H,8-11H2,1-3H3. The first kappa shape index (κ1) is 14.7. The number of aryl methyl sites for hydroxylation is 2. The van der Waals surface area contributed by atoms with Crippen LogP contribution >= 0.6 is 0 Å². The SMILES string of the molecule is Cc1ccnc(N2CCN(c3nccc(C)n3)CC(C)C2)n1. The highest BCUT2D eigenvalue weighted by molar-refractivity contribution is 5.36. The smallest absolute Gasteiger partial charge is 0.225 e. The van der Waals surface area contributed by atoms with E-state index < -0.39 is 0 Å². The minimum atomic E-state index is 0.496. The summed E-state index contributed by atoms with van der Waals surface area (Å²) in [5.41, 5.74) is 2.00. The molecule has 1 saturated heterocycles. The molecular formula is C16H22N6. The van der Waals surface area contributed by atoms with E-state index in [1.807, 2.05) is 38.4 Å². The van der Waals surface area contributed by atoms with Crippen molar-refractivity contribution in [2.45, 2.75) is 20.8 Å². The molecular weight excluding hydrogens is 276 g/mol. The Labute approximate surface area is 131 Å². The van der Waals surface area contributed by atoms with Crippen LogP contribution in [0.25, 0.3) is 0 Å². The van der Waals surface area contributed by atoms with Gasteiger partial charge in [0.1, 0.15) is 0 Å². The molecule has 0 saturated carbocycles. The lowest BCUT2D eigenvalue weighted by Crippen LogP contribution is -2.32. The highest BCUT2D eigenvalue weighted by Gasteiger charge is 2.23. The van der Waals surface area contributed by atoms with E-state index in [2.05, 4.69) is 36.7 Å². The number of hydrogen-bond donors (Lipinski definition) is 0. The molecule has 0 atom stereocenters. The van der Waals surface area contributed by atoms with Crippen LogP contribution in [-0.4, -0.2) is 46.1 Å². The summed E-state index contributed by atoms with van der Waals surface area (Å²) in [5.74, 6) is 2.13. The molecule has 116 valence electrons. The molecule has 1 aliphatic heterocycles. The fourth-order valence-electron chi connectivity index (χ4n) is 2.77. The zero-order chi connectivity index (χ0) is 15.5. The quantitative estimate of drug-likeness (QED) is 0.843. The van der Waals surface area contributed by atoms with Crippen molar-refractivity contribution in [3.05, 3.63) is 35.9 Å². The topological polar surface area (TPSA) is 58.0 Å². The number of rotatable bonds is 2. The van der Waals surface area contributed by atoms with Gasteiger partial charge < -0.3 is 9.80 Å². The zero-order valence-corrected chi connectivity index (χ0v) is 13.4. The molecule has 2 aromatic heterocycles. The Morgan fingerprint density at radius 3 is 1.73 bits per heavy atom. The molecule has 1 fully saturated rings. The Hall–Kier alpha value is -2.24. The highest BCUT2D eigenvalue weighted by atomic mass is 15.3. The molecule has 1 aliphatic rings. The molecule has 0 aliphatic carbocycles. The third-order valence-corrected chi connectivity index (χ3v) is 3.83. The molecule has 2 aromatic rings. The second kappa shape index (κ2) is 6.25. The molecule has 0 radical (unpaired) electrons. The van der Waals surface area contributed by atoms with Crippen LogP contribution in [0.3, 0.4) is 0 Å². The van der Waals surface area contributed by atoms with Crippen molar-refractivity contribution in [3.63, 3.8) is 0 Å². The Morgan fingerprint density at radius 1 is 0.864 bits per heavy atom. The summed E-state index contributed by atoms with van der Waals surface area (Å²) >= 11 is 0. The molecule has 3 heterocycles. The molecule has 0 N–H and O–H groups in total. The van der Waals surface area contributed by atoms with E-state index >= 15 is 0 Å². The Kier molecular flexibility index (Phi) is 4.18. The molecule has 22 heavy (non-hydrogen) atoms. The average Bonchev–Trinajstić information content (AvgIpc) is 2.69. The van der Waals surface area contributed by atoms with Crippen molar-refractivity contribution >= 4 is 11.9 Å². The summed E-state index contributed by atoms with van der Waals surface area (Å²) in [7, 11) is 0. The van der Waals surface area contributed by atoms with Gasteiger partial charge in [-0.1, -0.05) is 6.92 Å². The van der Waals surface area contributed by atoms with Crippen LogP contribution < -0.4 is 9.80 Å². The number of hydrogen-bond acceptors (Lipinski definition) is 6. The summed E-state index contributed by atoms with van der Waals surface area (Å²) in [4.78, 5) is 22.4. The summed E-state index contributed by atoms with van der Waals surface area (Å²) < 4.78 is 0. The fourth-order valence-corrected chi connectivity index (χ4v) is 2.77. The molecule has 0 amide bonds. The van der Waals surface area contributed by atoms with E-state index in [9.17, 15) is 0 Å². The van der Waals surface area contributed by atoms with Gasteiger partial charge in [-0.2, -0.15) is 0 Å². The largest absolute Gasteiger partial charge is 0.339 e. The number of aromatic nitrogens is 4. The predicted octanol–water partition coefficient (Wildman–Crippen LogP) is 1.85. The van der Waals surface area contributed by atoms with Crippen LogP contribution in [0.15, 0.2) is 24.5 Å². The molecule has 0 spiro atoms. The van der Waals surface area contributed by atoms with Crippen LogP contribution in [0.2, 0.25) is 0 Å². The predicted molar refractivity (Wildman–Crippen MR) is 87.1 cm³/mol. The Balaban J connectivity index is 1.78. The maximum atomic E-state index is 4.55. The van der Waals surface area contributed by atoms with Gasteiger partial charge in [0.25, 0.3) is 0 Å². The molecule has 6 nitrogen and oxygen atoms in total. The summed E-state index contributed by atoms with van der Waals surface area (Å²) in [6.07, 6.45) is 3.66. The van der Waals surface area contributed by atoms with Crippen molar-refractivity contribution in [2.75, 3.05) is 36.0 Å². The number of anilines is 2. The second-order valence-corrected chi connectivity index (χ2v) is 5.99. The van der Waals surface area contributed by atoms with E-state index in [0.29, 0.717) is 5.92 Å². The average molecular weight is 298 g/mol. The third-order valence-electron chi connectivity index (χ3n) is 3.83. The molecule has 0 unspecified atom stereocenters. The van der Waals surface area contributed by atoms with E-state index in [-0.39, 0.29) is 0 Å². The van der Waals surface area contributed by atoms with Crippen LogP contribution in [0.1, 0.15) is 18.3 Å². The monoisotopic (exact) mass is 298 g/mol. The first-order valence-corrected chi connectivity index (χ1v) is 7.71. The van der Waals surface area contributed by atoms with E-state index in [4.69, 9.17) is 0 Å². The van der Waals surface area contributed by atoms with Gasteiger partial charge in [0.15, 0.2) is 0 Å². The molecule has 3 rings (SSSR count). The second-order valence-electron chi connectivity index (χ2n) is 5.99. The summed E-state index contributed by atoms with van der Waals surface area (Å²) in [5, 5.41) is 0. The van der Waals surface area contributed by atoms with E-state index in [1.165, 1.54) is 0 Å². The van der Waals surface area contributed by atoms with Gasteiger partial charge in [0.2, 0.25) is 11.9 Å². The van der Waals surface area contributed by atoms with Gasteiger partial charge in [-0.15, -0.1) is 0 Å². The normalized spacial score (nSPS) is 16.7. The van der Waals surface area contributed by atoms with Gasteiger partial charge in [-0.3, -0.25) is 0 Å². The Morgan fingerprint density at radius 2 is 1.32 bits per heavy atom. The molecule has 6 heteroatoms. The summed E-state index contributed by atoms with van der Waals surface area (Å²) in [6, 6.07) is 3.86. The van der Waals surface area contributed by atoms with E-state index in [1.54, 1.807) is 0 Å². The zero-order valence-electron chi connectivity index (χ0n) is 13.4. The maximum absolute atomic E-state index is 4.55. The third kappa shape index (κ3) is 3.32. The van der Waals surface area contributed by atoms with Crippen LogP contribution in [-0.2, 0) is 0 Å². The van der Waals surface area contributed by atoms with Gasteiger partial charge in [-0.25, -0.2) is 19.9 Å². The van der Waals surface area contributed by atoms with Crippen molar-refractivity contribution in [1.29, 1.82) is 0 Å². The van der Waals surface area contributed by atoms with Crippen molar-refractivity contribution in [2.24, 2.45) is 5.92 Å². The lowest BCUT2D eigenvalue weighted by molar-refractivity contribution is 0.586. The van der Waals surface area contributed by atoms with Gasteiger partial charge in [-0.05, 0) is 31.9 Å². The van der Waals surface area contributed by atoms with E-state index in [0.717, 1.165) is 49.5 Å². The van der Waals surface area contributed by atoms with Crippen LogP contribution in [0.5, 0.6) is 0 Å². The van der Waals surface area contributed by atoms with Crippen molar-refractivity contribution in [3.8, 4) is 0 Å². The van der Waals surface area contributed by atoms with Crippen LogP contribution in [0.4, 0.5) is 11.9 Å². The van der Waals surface area contributed by atoms with Gasteiger partial charge in [0.05, 0.1) is 0 Å². The first-order chi connectivity index (χ1) is 10.6. The van der Waals surface area contributed by atoms with Crippen LogP contribution in [0, 0.1) is 19.8 Å². The Bertz CT molecular complexity index is 589. The summed E-state index contributed by atoms with van der Waals surface area (Å²) in [6.45, 7) is 9.91. The fraction of sp³-hybridized carbons (Fsp3) is 0.500. The van der Waals surface area contributed by atoms with Gasteiger partial charge >= 0.3 is 0 Å². The molecule has 0 bridgehead atoms. The lowest BCUT2D eigenvalue weighted by Gasteiger charge is -2.22.